The Morgan fingerprint density at radius 3 is 0.918 bits per heavy atom. The number of aliphatic hydroxyl groups is 2. The monoisotopic (exact) mass is 1630 g/mol. The van der Waals surface area contributed by atoms with E-state index in [9.17, 15) is 147 Å². The van der Waals surface area contributed by atoms with Crippen molar-refractivity contribution in [3.8, 4) is 0 Å². The normalized spacial score (nSPS) is 36.9. The van der Waals surface area contributed by atoms with Crippen LogP contribution in [0.3, 0.4) is 0 Å². The fraction of sp³-hybridized carbons (Fsp3) is 0.941. The SMILES string of the molecule is CO[C@@H]1[C@@H](OC)[C@H](O[C@H]2[C@H](OS(=O)(=O)O)[C@@H](OS(=O)(=O)O)[C@@H](O[C@H]3[C@H](O)[C@@H](OS(=O)(=O)O)[C@H](O[C@H]4[C@H](OS(=O)(=O)O)[C@@H](OS(=O)(=O)O)C(O)O[C@@H]4COS(=O)(=O)O)O[C@H]3C(=O)O)O[C@@H]2COS(=O)(=O)O)O[C@H](C(=O)O)[C@H]1O[C@H]1O[C@H](COS(=O)(=O)O)[C@@H](OC)[C@H](OC)[C@H]1OS(=O)(=O)O. The van der Waals surface area contributed by atoms with Crippen molar-refractivity contribution in [2.75, 3.05) is 48.3 Å². The van der Waals surface area contributed by atoms with Gasteiger partial charge in [-0.2, -0.15) is 75.8 Å². The summed E-state index contributed by atoms with van der Waals surface area (Å²) in [4.78, 5) is 26.4. The zero-order chi connectivity index (χ0) is 74.8. The zero-order valence-electron chi connectivity index (χ0n) is 48.2. The van der Waals surface area contributed by atoms with Gasteiger partial charge in [-0.05, 0) is 0 Å². The van der Waals surface area contributed by atoms with Crippen molar-refractivity contribution < 1.29 is 246 Å². The zero-order valence-corrected chi connectivity index (χ0v) is 55.5. The second-order valence-electron chi connectivity index (χ2n) is 19.4. The first-order chi connectivity index (χ1) is 44.5. The largest absolute Gasteiger partial charge is 0.479 e. The van der Waals surface area contributed by atoms with E-state index in [1.807, 2.05) is 0 Å². The van der Waals surface area contributed by atoms with Crippen molar-refractivity contribution in [2.45, 2.75) is 154 Å². The second kappa shape index (κ2) is 33.1. The smallest absolute Gasteiger partial charge is 0.397 e. The van der Waals surface area contributed by atoms with Gasteiger partial charge >= 0.3 is 106 Å². The first-order valence-electron chi connectivity index (χ1n) is 25.1. The van der Waals surface area contributed by atoms with E-state index in [2.05, 4.69) is 37.6 Å². The maximum atomic E-state index is 13.2. The Labute approximate surface area is 550 Å². The van der Waals surface area contributed by atoms with Gasteiger partial charge in [0.15, 0.2) is 68.1 Å². The lowest BCUT2D eigenvalue weighted by Crippen LogP contribution is -2.70. The molecule has 0 amide bonds. The number of carbonyl (C=O) groups is 2. The number of carboxylic acid groups (broad SMARTS) is 2. The molecule has 55 nitrogen and oxygen atoms in total. The van der Waals surface area contributed by atoms with Crippen molar-refractivity contribution in [1.29, 1.82) is 0 Å². The van der Waals surface area contributed by atoms with Crippen LogP contribution in [-0.2, 0) is 202 Å². The molecule has 0 saturated carbocycles. The van der Waals surface area contributed by atoms with Gasteiger partial charge < -0.3 is 82.0 Å². The predicted octanol–water partition coefficient (Wildman–Crippen LogP) is -10.7. The molecule has 5 aliphatic rings. The van der Waals surface area contributed by atoms with Crippen LogP contribution >= 0.6 is 0 Å². The van der Waals surface area contributed by atoms with E-state index < -0.39 is 279 Å². The van der Waals surface area contributed by atoms with E-state index in [4.69, 9.17) is 61.6 Å². The van der Waals surface area contributed by atoms with E-state index in [-0.39, 0.29) is 0 Å². The van der Waals surface area contributed by atoms with Crippen LogP contribution in [0.2, 0.25) is 0 Å². The number of hydrogen-bond donors (Lipinski definition) is 13. The third-order valence-electron chi connectivity index (χ3n) is 13.1. The van der Waals surface area contributed by atoms with Gasteiger partial charge in [0.1, 0.15) is 85.5 Å². The summed E-state index contributed by atoms with van der Waals surface area (Å²) in [6, 6.07) is 0. The molecule has 576 valence electrons. The molecule has 0 spiro atoms. The Morgan fingerprint density at radius 2 is 0.561 bits per heavy atom. The fourth-order valence-electron chi connectivity index (χ4n) is 9.78. The number of ether oxygens (including phenoxy) is 13. The van der Waals surface area contributed by atoms with E-state index in [1.165, 1.54) is 0 Å². The molecule has 13 N–H and O–H groups in total. The lowest BCUT2D eigenvalue weighted by atomic mass is 9.95. The Kier molecular flexibility index (Phi) is 29.0. The van der Waals surface area contributed by atoms with Crippen LogP contribution < -0.4 is 0 Å². The van der Waals surface area contributed by atoms with Crippen LogP contribution in [0.1, 0.15) is 0 Å². The van der Waals surface area contributed by atoms with E-state index in [0.717, 1.165) is 14.2 Å². The molecule has 0 aromatic heterocycles. The second-order valence-corrected chi connectivity index (χ2v) is 29.0. The quantitative estimate of drug-likeness (QED) is 0.0262. The molecule has 0 aromatic carbocycles. The van der Waals surface area contributed by atoms with Crippen molar-refractivity contribution >= 4 is 106 Å². The van der Waals surface area contributed by atoms with Crippen molar-refractivity contribution in [2.24, 2.45) is 0 Å². The molecule has 5 fully saturated rings. The molecule has 5 aliphatic heterocycles. The maximum Gasteiger partial charge on any atom is 0.397 e. The van der Waals surface area contributed by atoms with Gasteiger partial charge in [-0.3, -0.25) is 41.0 Å². The Bertz CT molecular complexity index is 3810. The molecule has 0 aliphatic carbocycles. The molecule has 0 bridgehead atoms. The first kappa shape index (κ1) is 85.8. The lowest BCUT2D eigenvalue weighted by molar-refractivity contribution is -0.384. The molecule has 1 unspecified atom stereocenters. The van der Waals surface area contributed by atoms with Gasteiger partial charge in [-0.25, -0.2) is 47.2 Å². The van der Waals surface area contributed by atoms with E-state index in [0.29, 0.717) is 14.2 Å². The number of hydrogen-bond acceptors (Lipinski definition) is 44. The van der Waals surface area contributed by atoms with Gasteiger partial charge in [0.2, 0.25) is 0 Å². The molecule has 0 aromatic rings. The lowest BCUT2D eigenvalue weighted by Gasteiger charge is -2.50. The minimum atomic E-state index is -6.42. The van der Waals surface area contributed by atoms with Crippen LogP contribution in [-0.4, -0.2) is 351 Å². The fourth-order valence-corrected chi connectivity index (χ4v) is 13.6. The Hall–Kier alpha value is -2.83. The van der Waals surface area contributed by atoms with Crippen molar-refractivity contribution in [1.82, 2.24) is 0 Å². The minimum Gasteiger partial charge on any atom is -0.479 e. The van der Waals surface area contributed by atoms with Gasteiger partial charge in [-0.15, -0.1) is 0 Å². The summed E-state index contributed by atoms with van der Waals surface area (Å²) in [5, 5.41) is 43.6. The van der Waals surface area contributed by atoms with Gasteiger partial charge in [0.05, 0.1) is 19.8 Å². The number of aliphatic carboxylic acids is 2. The summed E-state index contributed by atoms with van der Waals surface area (Å²) in [7, 11) is -51.0. The van der Waals surface area contributed by atoms with Crippen LogP contribution in [0.5, 0.6) is 0 Å². The van der Waals surface area contributed by atoms with Crippen LogP contribution in [0.15, 0.2) is 0 Å². The Morgan fingerprint density at radius 1 is 0.296 bits per heavy atom. The third kappa shape index (κ3) is 25.2. The van der Waals surface area contributed by atoms with Crippen molar-refractivity contribution in [3.63, 3.8) is 0 Å². The summed E-state index contributed by atoms with van der Waals surface area (Å²) in [6.07, 6.45) is -71.7. The Balaban J connectivity index is 1.67. The topological polar surface area (TPSA) is 807 Å². The highest BCUT2D eigenvalue weighted by atomic mass is 32.3. The predicted molar refractivity (Wildman–Crippen MR) is 281 cm³/mol. The highest BCUT2D eigenvalue weighted by molar-refractivity contribution is 7.82. The van der Waals surface area contributed by atoms with Gasteiger partial charge in [-0.1, -0.05) is 0 Å². The highest BCUT2D eigenvalue weighted by Gasteiger charge is 2.63. The summed E-state index contributed by atoms with van der Waals surface area (Å²) in [6.45, 7) is -5.14. The molecule has 98 heavy (non-hydrogen) atoms. The van der Waals surface area contributed by atoms with Gasteiger partial charge in [0.25, 0.3) is 0 Å². The molecule has 5 heterocycles. The minimum absolute atomic E-state index is 0.676. The number of carboxylic acids is 2. The molecule has 25 atom stereocenters. The average molecular weight is 1630 g/mol. The summed E-state index contributed by atoms with van der Waals surface area (Å²) >= 11 is 0. The van der Waals surface area contributed by atoms with Gasteiger partial charge in [0, 0.05) is 28.4 Å². The standard InChI is InChI=1S/C34H56O55S9/c1-68-12-8(5-72-90(41,42)43)76-33(26(17(12)69-2)88-97(62,63)64)81-19-18(70-3)25(71-4)32(83-23(19)29(38)39)79-14-10(7-74-92(47,48)49)77-34(27(89-98(65,66)67)21(14)86-95(56,57)58)80-15-11(35)16(84-93(50,51)52)31(82-22(15)28(36)37)78-13-9(6-73-91(44,45)46)75-30(40)24(87-96(59,60)61)20(13)85-94(53,54)55/h8-27,30-35,40H,5-7H2,1-4H3,(H,36,37)(H,38,39)(H,41,42,43)(H,44,45,46)(H,47,48,49)(H,50,51,52)(H,53,54,55)(H,56,57,58)(H,59,60,61)(H,62,63,64)(H,65,66,67)/t8-,9-,10-,11+,12-,13-,14-,15+,16-,17+,18+,19+,20+,21+,22-,23+,24-,25-,26-,27-,30?,31-,32-,33-,34-/m1/s1. The summed E-state index contributed by atoms with van der Waals surface area (Å²) < 4.78 is 415. The average Bonchev–Trinajstić information content (AvgIpc) is 0.761. The molecule has 0 radical (unpaired) electrons. The maximum absolute atomic E-state index is 13.2. The van der Waals surface area contributed by atoms with Crippen molar-refractivity contribution in [3.05, 3.63) is 0 Å². The number of rotatable bonds is 35. The first-order valence-corrected chi connectivity index (χ1v) is 37.4. The number of aliphatic hydroxyl groups excluding tert-OH is 2. The summed E-state index contributed by atoms with van der Waals surface area (Å²) in [5.74, 6) is -4.88. The third-order valence-corrected chi connectivity index (χ3v) is 17.2. The molecule has 5 rings (SSSR count). The highest BCUT2D eigenvalue weighted by Crippen LogP contribution is 2.41. The summed E-state index contributed by atoms with van der Waals surface area (Å²) in [5.41, 5.74) is 0. The van der Waals surface area contributed by atoms with Crippen LogP contribution in [0, 0.1) is 0 Å². The number of methoxy groups -OCH3 is 4. The van der Waals surface area contributed by atoms with E-state index in [1.54, 1.807) is 0 Å². The molecule has 5 saturated heterocycles. The van der Waals surface area contributed by atoms with E-state index >= 15 is 0 Å². The van der Waals surface area contributed by atoms with Crippen LogP contribution in [0.4, 0.5) is 0 Å². The molecular formula is C34H56O55S9. The van der Waals surface area contributed by atoms with Crippen LogP contribution in [0.25, 0.3) is 0 Å². The molecule has 64 heteroatoms. The molecular weight excluding hydrogens is 1580 g/mol.